The van der Waals surface area contributed by atoms with Gasteiger partial charge in [0.05, 0.1) is 6.61 Å². The van der Waals surface area contributed by atoms with E-state index < -0.39 is 0 Å². The molecule has 21 heavy (non-hydrogen) atoms. The van der Waals surface area contributed by atoms with Crippen LogP contribution in [0.2, 0.25) is 0 Å². The summed E-state index contributed by atoms with van der Waals surface area (Å²) in [5.41, 5.74) is 3.25. The van der Waals surface area contributed by atoms with Crippen LogP contribution in [0.1, 0.15) is 16.9 Å². The van der Waals surface area contributed by atoms with Crippen molar-refractivity contribution in [2.75, 3.05) is 13.2 Å². The van der Waals surface area contributed by atoms with Crippen molar-refractivity contribution in [3.05, 3.63) is 65.7 Å². The maximum atomic E-state index is 8.77. The lowest BCUT2D eigenvalue weighted by Gasteiger charge is -2.02. The molecule has 0 amide bonds. The number of rotatable bonds is 6. The molecule has 0 radical (unpaired) electrons. The Morgan fingerprint density at radius 3 is 2.71 bits per heavy atom. The molecule has 0 bridgehead atoms. The topological polar surface area (TPSA) is 58.3 Å². The quantitative estimate of drug-likeness (QED) is 0.682. The fraction of sp³-hybridized carbons (Fsp3) is 0.235. The standard InChI is InChI=1S/C17H18N2O2/c20-8-7-19-12-14-1-2-15-11-16(21-17(15)10-14)9-13-3-5-18-6-4-13/h1-6,10-11,19-20H,7-9,12H2. The molecule has 1 aromatic carbocycles. The van der Waals surface area contributed by atoms with E-state index in [1.165, 1.54) is 5.56 Å². The number of nitrogens with zero attached hydrogens (tertiary/aromatic N) is 1. The van der Waals surface area contributed by atoms with Gasteiger partial charge in [0.1, 0.15) is 11.3 Å². The second-order valence-corrected chi connectivity index (χ2v) is 5.02. The third-order valence-electron chi connectivity index (χ3n) is 3.38. The Balaban J connectivity index is 1.76. The fourth-order valence-electron chi connectivity index (χ4n) is 2.34. The van der Waals surface area contributed by atoms with E-state index in [1.807, 2.05) is 12.1 Å². The molecule has 0 fully saturated rings. The fourth-order valence-corrected chi connectivity index (χ4v) is 2.34. The molecule has 2 heterocycles. The first-order valence-electron chi connectivity index (χ1n) is 7.07. The minimum atomic E-state index is 0.152. The molecule has 4 heteroatoms. The van der Waals surface area contributed by atoms with Crippen LogP contribution >= 0.6 is 0 Å². The average molecular weight is 282 g/mol. The maximum absolute atomic E-state index is 8.77. The smallest absolute Gasteiger partial charge is 0.134 e. The molecule has 0 saturated carbocycles. The molecule has 0 aliphatic rings. The van der Waals surface area contributed by atoms with E-state index in [0.29, 0.717) is 6.54 Å². The van der Waals surface area contributed by atoms with Crippen molar-refractivity contribution in [1.29, 1.82) is 0 Å². The summed E-state index contributed by atoms with van der Waals surface area (Å²) in [7, 11) is 0. The highest BCUT2D eigenvalue weighted by Crippen LogP contribution is 2.22. The first-order valence-corrected chi connectivity index (χ1v) is 7.07. The van der Waals surface area contributed by atoms with Crippen molar-refractivity contribution < 1.29 is 9.52 Å². The molecule has 2 N–H and O–H groups in total. The van der Waals surface area contributed by atoms with Crippen LogP contribution in [0.4, 0.5) is 0 Å². The third-order valence-corrected chi connectivity index (χ3v) is 3.38. The van der Waals surface area contributed by atoms with Crippen LogP contribution in [-0.2, 0) is 13.0 Å². The number of aromatic nitrogens is 1. The van der Waals surface area contributed by atoms with E-state index in [2.05, 4.69) is 34.6 Å². The summed E-state index contributed by atoms with van der Waals surface area (Å²) in [6, 6.07) is 12.3. The number of nitrogens with one attached hydrogen (secondary N) is 1. The molecule has 0 atom stereocenters. The predicted molar refractivity (Wildman–Crippen MR) is 82.0 cm³/mol. The van der Waals surface area contributed by atoms with Crippen molar-refractivity contribution >= 4 is 11.0 Å². The summed E-state index contributed by atoms with van der Waals surface area (Å²) in [4.78, 5) is 4.02. The van der Waals surface area contributed by atoms with E-state index in [9.17, 15) is 0 Å². The van der Waals surface area contributed by atoms with Crippen LogP contribution in [0.5, 0.6) is 0 Å². The number of pyridine rings is 1. The van der Waals surface area contributed by atoms with Crippen molar-refractivity contribution in [3.63, 3.8) is 0 Å². The van der Waals surface area contributed by atoms with Gasteiger partial charge in [-0.15, -0.1) is 0 Å². The highest BCUT2D eigenvalue weighted by Gasteiger charge is 2.05. The second-order valence-electron chi connectivity index (χ2n) is 5.02. The van der Waals surface area contributed by atoms with Crippen LogP contribution in [0.25, 0.3) is 11.0 Å². The summed E-state index contributed by atoms with van der Waals surface area (Å²) < 4.78 is 5.92. The van der Waals surface area contributed by atoms with Gasteiger partial charge in [0.15, 0.2) is 0 Å². The Labute approximate surface area is 123 Å². The van der Waals surface area contributed by atoms with Crippen LogP contribution in [-0.4, -0.2) is 23.2 Å². The Bertz CT molecular complexity index is 707. The summed E-state index contributed by atoms with van der Waals surface area (Å²) in [5.74, 6) is 0.955. The van der Waals surface area contributed by atoms with E-state index >= 15 is 0 Å². The molecule has 3 rings (SSSR count). The monoisotopic (exact) mass is 282 g/mol. The van der Waals surface area contributed by atoms with E-state index in [1.54, 1.807) is 12.4 Å². The third kappa shape index (κ3) is 3.48. The first-order chi connectivity index (χ1) is 10.3. The molecular weight excluding hydrogens is 264 g/mol. The SMILES string of the molecule is OCCNCc1ccc2cc(Cc3ccncc3)oc2c1. The number of furan rings is 1. The lowest BCUT2D eigenvalue weighted by molar-refractivity contribution is 0.292. The lowest BCUT2D eigenvalue weighted by atomic mass is 10.1. The number of fused-ring (bicyclic) bond motifs is 1. The Morgan fingerprint density at radius 1 is 1.05 bits per heavy atom. The number of aliphatic hydroxyl groups excluding tert-OH is 1. The molecule has 3 aromatic rings. The summed E-state index contributed by atoms with van der Waals surface area (Å²) in [6.45, 7) is 1.49. The summed E-state index contributed by atoms with van der Waals surface area (Å²) in [6.07, 6.45) is 4.36. The zero-order valence-corrected chi connectivity index (χ0v) is 11.7. The Kier molecular flexibility index (Phi) is 4.28. The Hall–Kier alpha value is -2.17. The van der Waals surface area contributed by atoms with Gasteiger partial charge < -0.3 is 14.8 Å². The lowest BCUT2D eigenvalue weighted by Crippen LogP contribution is -2.17. The Morgan fingerprint density at radius 2 is 1.90 bits per heavy atom. The number of hydrogen-bond acceptors (Lipinski definition) is 4. The highest BCUT2D eigenvalue weighted by molar-refractivity contribution is 5.78. The number of benzene rings is 1. The van der Waals surface area contributed by atoms with Gasteiger partial charge in [0.2, 0.25) is 0 Å². The molecule has 108 valence electrons. The first kappa shape index (κ1) is 13.8. The zero-order chi connectivity index (χ0) is 14.5. The van der Waals surface area contributed by atoms with Crippen molar-refractivity contribution in [1.82, 2.24) is 10.3 Å². The molecule has 4 nitrogen and oxygen atoms in total. The van der Waals surface area contributed by atoms with E-state index in [0.717, 1.165) is 35.3 Å². The van der Waals surface area contributed by atoms with Crippen molar-refractivity contribution in [3.8, 4) is 0 Å². The van der Waals surface area contributed by atoms with Gasteiger partial charge in [-0.2, -0.15) is 0 Å². The molecule has 0 spiro atoms. The van der Waals surface area contributed by atoms with Crippen LogP contribution in [0.15, 0.2) is 53.2 Å². The second kappa shape index (κ2) is 6.52. The average Bonchev–Trinajstić information content (AvgIpc) is 2.90. The van der Waals surface area contributed by atoms with Gasteiger partial charge in [0, 0.05) is 37.3 Å². The minimum absolute atomic E-state index is 0.152. The zero-order valence-electron chi connectivity index (χ0n) is 11.7. The van der Waals surface area contributed by atoms with Crippen LogP contribution in [0, 0.1) is 0 Å². The molecule has 0 aliphatic carbocycles. The molecule has 0 aliphatic heterocycles. The van der Waals surface area contributed by atoms with E-state index in [4.69, 9.17) is 9.52 Å². The van der Waals surface area contributed by atoms with Gasteiger partial charge in [-0.05, 0) is 35.4 Å². The van der Waals surface area contributed by atoms with Crippen LogP contribution < -0.4 is 5.32 Å². The minimum Gasteiger partial charge on any atom is -0.461 e. The number of hydrogen-bond donors (Lipinski definition) is 2. The van der Waals surface area contributed by atoms with Gasteiger partial charge in [0.25, 0.3) is 0 Å². The highest BCUT2D eigenvalue weighted by atomic mass is 16.3. The van der Waals surface area contributed by atoms with E-state index in [-0.39, 0.29) is 6.61 Å². The predicted octanol–water partition coefficient (Wildman–Crippen LogP) is 2.50. The van der Waals surface area contributed by atoms with Gasteiger partial charge in [-0.1, -0.05) is 12.1 Å². The van der Waals surface area contributed by atoms with Crippen LogP contribution in [0.3, 0.4) is 0 Å². The summed E-state index contributed by atoms with van der Waals surface area (Å²) >= 11 is 0. The maximum Gasteiger partial charge on any atom is 0.134 e. The van der Waals surface area contributed by atoms with Crippen molar-refractivity contribution in [2.45, 2.75) is 13.0 Å². The van der Waals surface area contributed by atoms with Crippen molar-refractivity contribution in [2.24, 2.45) is 0 Å². The normalized spacial score (nSPS) is 11.1. The number of aliphatic hydroxyl groups is 1. The largest absolute Gasteiger partial charge is 0.461 e. The van der Waals surface area contributed by atoms with Gasteiger partial charge >= 0.3 is 0 Å². The summed E-state index contributed by atoms with van der Waals surface area (Å²) in [5, 5.41) is 13.1. The van der Waals surface area contributed by atoms with Gasteiger partial charge in [-0.25, -0.2) is 0 Å². The molecule has 2 aromatic heterocycles. The van der Waals surface area contributed by atoms with Gasteiger partial charge in [-0.3, -0.25) is 4.98 Å². The molecule has 0 unspecified atom stereocenters. The molecule has 0 saturated heterocycles. The molecular formula is C17H18N2O2.